The zero-order valence-corrected chi connectivity index (χ0v) is 13.0. The van der Waals surface area contributed by atoms with Gasteiger partial charge in [0.05, 0.1) is 19.3 Å². The molecule has 1 fully saturated rings. The van der Waals surface area contributed by atoms with E-state index in [1.54, 1.807) is 0 Å². The molecule has 4 heteroatoms. The number of nitrogens with zero attached hydrogens (tertiary/aromatic N) is 1. The van der Waals surface area contributed by atoms with Gasteiger partial charge in [-0.05, 0) is 25.4 Å². The summed E-state index contributed by atoms with van der Waals surface area (Å²) in [6.45, 7) is 14.5. The van der Waals surface area contributed by atoms with Gasteiger partial charge in [0.15, 0.2) is 0 Å². The van der Waals surface area contributed by atoms with Crippen molar-refractivity contribution in [1.29, 1.82) is 0 Å². The lowest BCUT2D eigenvalue weighted by atomic mass is 10.1. The van der Waals surface area contributed by atoms with Crippen LogP contribution in [0.5, 0.6) is 0 Å². The average molecular weight is 274 g/mol. The van der Waals surface area contributed by atoms with Crippen molar-refractivity contribution in [2.45, 2.75) is 39.7 Å². The molecule has 0 aromatic rings. The molecule has 0 bridgehead atoms. The van der Waals surface area contributed by atoms with Gasteiger partial charge in [0, 0.05) is 27.7 Å². The summed E-state index contributed by atoms with van der Waals surface area (Å²) in [6.07, 6.45) is 2.59. The number of hydrogen-bond donors (Lipinski definition) is 1. The van der Waals surface area contributed by atoms with Gasteiger partial charge in [-0.2, -0.15) is 0 Å². The molecule has 1 rings (SSSR count). The van der Waals surface area contributed by atoms with Crippen LogP contribution in [-0.2, 0) is 9.47 Å². The lowest BCUT2D eigenvalue weighted by Crippen LogP contribution is -2.45. The highest BCUT2D eigenvalue weighted by molar-refractivity contribution is 4.72. The molecule has 0 aliphatic carbocycles. The maximum Gasteiger partial charge on any atom is 0.0935 e. The van der Waals surface area contributed by atoms with Crippen molar-refractivity contribution in [1.82, 2.24) is 10.2 Å². The number of morpholine rings is 1. The third-order valence-corrected chi connectivity index (χ3v) is 3.69. The van der Waals surface area contributed by atoms with Gasteiger partial charge >= 0.3 is 0 Å². The highest BCUT2D eigenvalue weighted by Crippen LogP contribution is 2.10. The van der Waals surface area contributed by atoms with Gasteiger partial charge in [-0.15, -0.1) is 0 Å². The fraction of sp³-hybridized carbons (Fsp3) is 1.00. The summed E-state index contributed by atoms with van der Waals surface area (Å²) < 4.78 is 11.5. The average Bonchev–Trinajstić information content (AvgIpc) is 2.43. The minimum atomic E-state index is 0. The third kappa shape index (κ3) is 7.88. The van der Waals surface area contributed by atoms with Crippen LogP contribution in [0, 0.1) is 5.92 Å². The molecule has 2 atom stereocenters. The normalized spacial score (nSPS) is 22.6. The summed E-state index contributed by atoms with van der Waals surface area (Å²) >= 11 is 0. The fourth-order valence-electron chi connectivity index (χ4n) is 2.31. The number of nitrogens with one attached hydrogen (secondary N) is 1. The second-order valence-corrected chi connectivity index (χ2v) is 5.55. The Morgan fingerprint density at radius 2 is 2.32 bits per heavy atom. The largest absolute Gasteiger partial charge is 0.379 e. The standard InChI is InChI=1S/C15H32N2O2.H2/c1-4-14(3)11-17-8-10-19-15(12-17)13-18-9-6-7-16-5-2;/h14-16H,4-13H2,1-3H3;1H/t14?,15-;/m0./s1. The molecule has 0 aromatic heterocycles. The van der Waals surface area contributed by atoms with Crippen molar-refractivity contribution < 1.29 is 10.9 Å². The van der Waals surface area contributed by atoms with Crippen molar-refractivity contribution in [3.63, 3.8) is 0 Å². The Morgan fingerprint density at radius 3 is 3.05 bits per heavy atom. The summed E-state index contributed by atoms with van der Waals surface area (Å²) in [5, 5.41) is 3.30. The highest BCUT2D eigenvalue weighted by atomic mass is 16.5. The van der Waals surface area contributed by atoms with Crippen molar-refractivity contribution in [2.24, 2.45) is 5.92 Å². The quantitative estimate of drug-likeness (QED) is 0.618. The first-order chi connectivity index (χ1) is 9.26. The molecule has 1 unspecified atom stereocenters. The molecule has 1 N–H and O–H groups in total. The zero-order valence-electron chi connectivity index (χ0n) is 13.0. The minimum absolute atomic E-state index is 0. The number of ether oxygens (including phenoxy) is 2. The minimum Gasteiger partial charge on any atom is -0.379 e. The summed E-state index contributed by atoms with van der Waals surface area (Å²) in [6, 6.07) is 0. The molecule has 0 radical (unpaired) electrons. The summed E-state index contributed by atoms with van der Waals surface area (Å²) in [5.41, 5.74) is 0. The Kier molecular flexibility index (Phi) is 9.43. The van der Waals surface area contributed by atoms with Crippen LogP contribution in [0.1, 0.15) is 35.0 Å². The van der Waals surface area contributed by atoms with E-state index in [4.69, 9.17) is 9.47 Å². The second-order valence-electron chi connectivity index (χ2n) is 5.55. The molecule has 0 spiro atoms. The van der Waals surface area contributed by atoms with E-state index in [1.165, 1.54) is 13.0 Å². The van der Waals surface area contributed by atoms with E-state index in [1.807, 2.05) is 0 Å². The molecule has 0 aromatic carbocycles. The smallest absolute Gasteiger partial charge is 0.0935 e. The van der Waals surface area contributed by atoms with Gasteiger partial charge in [-0.3, -0.25) is 4.90 Å². The van der Waals surface area contributed by atoms with Gasteiger partial charge < -0.3 is 14.8 Å². The Bertz CT molecular complexity index is 220. The Balaban J connectivity index is 0.00000361. The van der Waals surface area contributed by atoms with Crippen LogP contribution in [-0.4, -0.2) is 63.5 Å². The van der Waals surface area contributed by atoms with E-state index in [-0.39, 0.29) is 7.53 Å². The molecule has 1 heterocycles. The predicted octanol–water partition coefficient (Wildman–Crippen LogP) is 2.00. The molecular formula is C15H34N2O2. The van der Waals surface area contributed by atoms with Gasteiger partial charge in [-0.25, -0.2) is 0 Å². The zero-order chi connectivity index (χ0) is 13.9. The van der Waals surface area contributed by atoms with Crippen LogP contribution in [0.2, 0.25) is 0 Å². The summed E-state index contributed by atoms with van der Waals surface area (Å²) in [5.74, 6) is 0.778. The molecule has 116 valence electrons. The summed E-state index contributed by atoms with van der Waals surface area (Å²) in [4.78, 5) is 2.52. The van der Waals surface area contributed by atoms with Crippen molar-refractivity contribution in [2.75, 3.05) is 52.5 Å². The van der Waals surface area contributed by atoms with E-state index in [0.717, 1.165) is 58.3 Å². The molecule has 1 saturated heterocycles. The molecule has 19 heavy (non-hydrogen) atoms. The molecule has 1 aliphatic rings. The number of hydrogen-bond acceptors (Lipinski definition) is 4. The second kappa shape index (κ2) is 10.6. The van der Waals surface area contributed by atoms with Crippen molar-refractivity contribution in [3.05, 3.63) is 0 Å². The maximum atomic E-state index is 5.77. The molecule has 1 aliphatic heterocycles. The maximum absolute atomic E-state index is 5.77. The van der Waals surface area contributed by atoms with Crippen LogP contribution >= 0.6 is 0 Å². The monoisotopic (exact) mass is 274 g/mol. The van der Waals surface area contributed by atoms with E-state index in [9.17, 15) is 0 Å². The highest BCUT2D eigenvalue weighted by Gasteiger charge is 2.21. The van der Waals surface area contributed by atoms with E-state index >= 15 is 0 Å². The van der Waals surface area contributed by atoms with Gasteiger partial charge in [0.1, 0.15) is 0 Å². The van der Waals surface area contributed by atoms with Crippen LogP contribution in [0.15, 0.2) is 0 Å². The van der Waals surface area contributed by atoms with E-state index in [2.05, 4.69) is 31.0 Å². The van der Waals surface area contributed by atoms with Gasteiger partial charge in [0.2, 0.25) is 0 Å². The van der Waals surface area contributed by atoms with Gasteiger partial charge in [0.25, 0.3) is 0 Å². The van der Waals surface area contributed by atoms with Gasteiger partial charge in [-0.1, -0.05) is 27.2 Å². The predicted molar refractivity (Wildman–Crippen MR) is 81.7 cm³/mol. The van der Waals surface area contributed by atoms with Crippen LogP contribution < -0.4 is 5.32 Å². The Labute approximate surface area is 120 Å². The van der Waals surface area contributed by atoms with Crippen molar-refractivity contribution in [3.8, 4) is 0 Å². The van der Waals surface area contributed by atoms with Crippen LogP contribution in [0.25, 0.3) is 0 Å². The third-order valence-electron chi connectivity index (χ3n) is 3.69. The molecular weight excluding hydrogens is 240 g/mol. The number of rotatable bonds is 10. The molecule has 0 amide bonds. The van der Waals surface area contributed by atoms with Crippen molar-refractivity contribution >= 4 is 0 Å². The first kappa shape index (κ1) is 16.9. The molecule has 0 saturated carbocycles. The Hall–Kier alpha value is -0.160. The Morgan fingerprint density at radius 1 is 1.47 bits per heavy atom. The lowest BCUT2D eigenvalue weighted by molar-refractivity contribution is -0.0716. The van der Waals surface area contributed by atoms with Crippen LogP contribution in [0.3, 0.4) is 0 Å². The van der Waals surface area contributed by atoms with Crippen LogP contribution in [0.4, 0.5) is 0 Å². The summed E-state index contributed by atoms with van der Waals surface area (Å²) in [7, 11) is 0. The first-order valence-corrected chi connectivity index (χ1v) is 7.88. The van der Waals surface area contributed by atoms with E-state index < -0.39 is 0 Å². The SMILES string of the molecule is CCNCCCOC[C@@H]1CN(CC(C)CC)CCO1.[HH]. The topological polar surface area (TPSA) is 33.7 Å². The van der Waals surface area contributed by atoms with E-state index in [0.29, 0.717) is 0 Å². The fourth-order valence-corrected chi connectivity index (χ4v) is 2.31. The molecule has 4 nitrogen and oxygen atoms in total. The first-order valence-electron chi connectivity index (χ1n) is 7.88. The lowest BCUT2D eigenvalue weighted by Gasteiger charge is -2.34.